The number of piperidine rings is 1. The Balaban J connectivity index is 2.32. The van der Waals surface area contributed by atoms with Crippen LogP contribution in [-0.2, 0) is 4.79 Å². The molecule has 3 nitrogen and oxygen atoms in total. The quantitative estimate of drug-likeness (QED) is 0.805. The first kappa shape index (κ1) is 17.0. The summed E-state index contributed by atoms with van der Waals surface area (Å²) in [5.74, 6) is 0.119. The Morgan fingerprint density at radius 1 is 1.41 bits per heavy atom. The van der Waals surface area contributed by atoms with Crippen molar-refractivity contribution >= 4 is 17.5 Å². The Morgan fingerprint density at radius 2 is 2.09 bits per heavy atom. The van der Waals surface area contributed by atoms with Crippen LogP contribution < -0.4 is 0 Å². The van der Waals surface area contributed by atoms with Crippen LogP contribution in [0.15, 0.2) is 36.9 Å². The standard InChI is InChI=1S/C18H24ClNO2/c1-3-5-14-8-11-17(13-6-9-15(19)10-7-13)20(18(14)22)16(4-2)12-21/h3,6-7,9-10,14,16-17,21H,1,4-5,8,11-12H2,2H3/t14-,16?,17?/m0/s1. The lowest BCUT2D eigenvalue weighted by atomic mass is 9.85. The average molecular weight is 322 g/mol. The molecule has 1 aromatic rings. The number of benzene rings is 1. The Bertz CT molecular complexity index is 510. The van der Waals surface area contributed by atoms with Gasteiger partial charge in [-0.2, -0.15) is 0 Å². The van der Waals surface area contributed by atoms with Crippen molar-refractivity contribution in [3.63, 3.8) is 0 Å². The summed E-state index contributed by atoms with van der Waals surface area (Å²) in [6.45, 7) is 5.75. The lowest BCUT2D eigenvalue weighted by Crippen LogP contribution is -2.50. The van der Waals surface area contributed by atoms with E-state index in [1.807, 2.05) is 42.2 Å². The smallest absolute Gasteiger partial charge is 0.226 e. The number of carbonyl (C=O) groups excluding carboxylic acids is 1. The van der Waals surface area contributed by atoms with Crippen LogP contribution in [0, 0.1) is 5.92 Å². The molecule has 0 aromatic heterocycles. The van der Waals surface area contributed by atoms with Gasteiger partial charge in [-0.25, -0.2) is 0 Å². The molecule has 1 N–H and O–H groups in total. The second-order valence-electron chi connectivity index (χ2n) is 5.86. The summed E-state index contributed by atoms with van der Waals surface area (Å²) in [5, 5.41) is 10.4. The molecule has 1 aliphatic heterocycles. The van der Waals surface area contributed by atoms with E-state index in [9.17, 15) is 9.90 Å². The summed E-state index contributed by atoms with van der Waals surface area (Å²) in [7, 11) is 0. The van der Waals surface area contributed by atoms with Crippen molar-refractivity contribution < 1.29 is 9.90 Å². The zero-order valence-electron chi connectivity index (χ0n) is 13.0. The van der Waals surface area contributed by atoms with Crippen LogP contribution >= 0.6 is 11.6 Å². The number of aliphatic hydroxyl groups is 1. The van der Waals surface area contributed by atoms with Crippen molar-refractivity contribution in [2.75, 3.05) is 6.61 Å². The topological polar surface area (TPSA) is 40.5 Å². The summed E-state index contributed by atoms with van der Waals surface area (Å²) in [6.07, 6.45) is 5.01. The molecule has 1 aromatic carbocycles. The van der Waals surface area contributed by atoms with Crippen LogP contribution in [0.1, 0.15) is 44.2 Å². The van der Waals surface area contributed by atoms with E-state index in [0.717, 1.165) is 24.8 Å². The molecule has 0 saturated carbocycles. The van der Waals surface area contributed by atoms with Crippen molar-refractivity contribution in [1.29, 1.82) is 0 Å². The molecule has 120 valence electrons. The number of halogens is 1. The number of likely N-dealkylation sites (tertiary alicyclic amines) is 1. The molecular formula is C18H24ClNO2. The van der Waals surface area contributed by atoms with Crippen molar-refractivity contribution in [3.8, 4) is 0 Å². The number of allylic oxidation sites excluding steroid dienone is 1. The van der Waals surface area contributed by atoms with Gasteiger partial charge in [-0.15, -0.1) is 6.58 Å². The molecule has 0 bridgehead atoms. The van der Waals surface area contributed by atoms with Crippen molar-refractivity contribution in [1.82, 2.24) is 4.90 Å². The summed E-state index contributed by atoms with van der Waals surface area (Å²) in [5.41, 5.74) is 1.08. The molecule has 0 radical (unpaired) electrons. The third-order valence-corrected chi connectivity index (χ3v) is 4.76. The highest BCUT2D eigenvalue weighted by Crippen LogP contribution is 2.37. The molecule has 0 aliphatic carbocycles. The summed E-state index contributed by atoms with van der Waals surface area (Å²) in [6, 6.07) is 7.55. The fourth-order valence-electron chi connectivity index (χ4n) is 3.27. The lowest BCUT2D eigenvalue weighted by Gasteiger charge is -2.43. The zero-order valence-corrected chi connectivity index (χ0v) is 13.8. The van der Waals surface area contributed by atoms with Gasteiger partial charge < -0.3 is 10.0 Å². The number of nitrogens with zero attached hydrogens (tertiary/aromatic N) is 1. The number of amides is 1. The summed E-state index contributed by atoms with van der Waals surface area (Å²) < 4.78 is 0. The molecule has 1 saturated heterocycles. The van der Waals surface area contributed by atoms with Gasteiger partial charge >= 0.3 is 0 Å². The monoisotopic (exact) mass is 321 g/mol. The van der Waals surface area contributed by atoms with E-state index >= 15 is 0 Å². The minimum Gasteiger partial charge on any atom is -0.394 e. The molecule has 1 aliphatic rings. The van der Waals surface area contributed by atoms with Crippen molar-refractivity contribution in [2.45, 2.75) is 44.7 Å². The van der Waals surface area contributed by atoms with Gasteiger partial charge in [-0.3, -0.25) is 4.79 Å². The molecule has 1 heterocycles. The molecule has 2 unspecified atom stereocenters. The molecule has 2 rings (SSSR count). The second kappa shape index (κ2) is 7.80. The maximum absolute atomic E-state index is 12.9. The summed E-state index contributed by atoms with van der Waals surface area (Å²) >= 11 is 5.97. The van der Waals surface area contributed by atoms with Crippen molar-refractivity contribution in [2.24, 2.45) is 5.92 Å². The van der Waals surface area contributed by atoms with E-state index in [4.69, 9.17) is 11.6 Å². The van der Waals surface area contributed by atoms with Crippen LogP contribution in [0.5, 0.6) is 0 Å². The molecule has 22 heavy (non-hydrogen) atoms. The minimum atomic E-state index is -0.138. The Hall–Kier alpha value is -1.32. The van der Waals surface area contributed by atoms with Crippen LogP contribution in [0.3, 0.4) is 0 Å². The first-order chi connectivity index (χ1) is 10.6. The maximum atomic E-state index is 12.9. The third kappa shape index (κ3) is 3.53. The van der Waals surface area contributed by atoms with Gasteiger partial charge in [0.25, 0.3) is 0 Å². The van der Waals surface area contributed by atoms with Crippen molar-refractivity contribution in [3.05, 3.63) is 47.5 Å². The zero-order chi connectivity index (χ0) is 16.1. The highest BCUT2D eigenvalue weighted by molar-refractivity contribution is 6.30. The Kier molecular flexibility index (Phi) is 6.04. The van der Waals surface area contributed by atoms with Crippen LogP contribution in [0.4, 0.5) is 0 Å². The maximum Gasteiger partial charge on any atom is 0.226 e. The van der Waals surface area contributed by atoms with Crippen LogP contribution in [0.2, 0.25) is 5.02 Å². The fourth-order valence-corrected chi connectivity index (χ4v) is 3.39. The van der Waals surface area contributed by atoms with Gasteiger partial charge in [0.15, 0.2) is 0 Å². The second-order valence-corrected chi connectivity index (χ2v) is 6.29. The van der Waals surface area contributed by atoms with Gasteiger partial charge in [0, 0.05) is 10.9 Å². The predicted octanol–water partition coefficient (Wildman–Crippen LogP) is 3.97. The van der Waals surface area contributed by atoms with Crippen LogP contribution in [-0.4, -0.2) is 28.6 Å². The van der Waals surface area contributed by atoms with Gasteiger partial charge in [-0.1, -0.05) is 36.7 Å². The largest absolute Gasteiger partial charge is 0.394 e. The molecule has 1 fully saturated rings. The molecule has 1 amide bonds. The van der Waals surface area contributed by atoms with Gasteiger partial charge in [-0.05, 0) is 43.4 Å². The van der Waals surface area contributed by atoms with Gasteiger partial charge in [0.1, 0.15) is 0 Å². The first-order valence-electron chi connectivity index (χ1n) is 7.91. The normalized spacial score (nSPS) is 23.4. The van der Waals surface area contributed by atoms with E-state index in [-0.39, 0.29) is 30.5 Å². The van der Waals surface area contributed by atoms with E-state index in [0.29, 0.717) is 11.4 Å². The van der Waals surface area contributed by atoms with Gasteiger partial charge in [0.2, 0.25) is 5.91 Å². The minimum absolute atomic E-state index is 0.00681. The predicted molar refractivity (Wildman–Crippen MR) is 89.7 cm³/mol. The van der Waals surface area contributed by atoms with E-state index < -0.39 is 0 Å². The first-order valence-corrected chi connectivity index (χ1v) is 8.29. The number of aliphatic hydroxyl groups excluding tert-OH is 1. The number of rotatable bonds is 6. The number of carbonyl (C=O) groups is 1. The highest BCUT2D eigenvalue weighted by atomic mass is 35.5. The van der Waals surface area contributed by atoms with E-state index in [1.165, 1.54) is 0 Å². The number of hydrogen-bond acceptors (Lipinski definition) is 2. The SMILES string of the molecule is C=CC[C@H]1CCC(c2ccc(Cl)cc2)N(C(CC)CO)C1=O. The molecule has 0 spiro atoms. The van der Waals surface area contributed by atoms with Crippen LogP contribution in [0.25, 0.3) is 0 Å². The lowest BCUT2D eigenvalue weighted by molar-refractivity contribution is -0.146. The van der Waals surface area contributed by atoms with E-state index in [2.05, 4.69) is 6.58 Å². The Morgan fingerprint density at radius 3 is 2.64 bits per heavy atom. The highest BCUT2D eigenvalue weighted by Gasteiger charge is 2.38. The fraction of sp³-hybridized carbons (Fsp3) is 0.500. The third-order valence-electron chi connectivity index (χ3n) is 4.51. The summed E-state index contributed by atoms with van der Waals surface area (Å²) in [4.78, 5) is 14.8. The Labute approximate surface area is 137 Å². The molecule has 4 heteroatoms. The molecular weight excluding hydrogens is 298 g/mol. The number of hydrogen-bond donors (Lipinski definition) is 1. The van der Waals surface area contributed by atoms with E-state index in [1.54, 1.807) is 0 Å². The average Bonchev–Trinajstić information content (AvgIpc) is 2.53. The molecule has 3 atom stereocenters. The van der Waals surface area contributed by atoms with Gasteiger partial charge in [0.05, 0.1) is 18.7 Å².